The highest BCUT2D eigenvalue weighted by molar-refractivity contribution is 7.85. The topological polar surface area (TPSA) is 47.9 Å². The molecule has 156 valence electrons. The van der Waals surface area contributed by atoms with Crippen LogP contribution in [0.15, 0.2) is 4.40 Å². The maximum Gasteiger partial charge on any atom is 0.193 e. The van der Waals surface area contributed by atoms with E-state index in [1.165, 1.54) is 0 Å². The van der Waals surface area contributed by atoms with Gasteiger partial charge in [0.15, 0.2) is 16.6 Å². The number of hydrogen-bond acceptors (Lipinski definition) is 3. The van der Waals surface area contributed by atoms with Gasteiger partial charge in [-0.05, 0) is 57.0 Å². The fraction of sp³-hybridized carbons (Fsp3) is 0.947. The van der Waals surface area contributed by atoms with E-state index in [0.29, 0.717) is 6.61 Å². The van der Waals surface area contributed by atoms with Gasteiger partial charge in [0.05, 0.1) is 11.4 Å². The normalized spacial score (nSPS) is 17.6. The smallest absolute Gasteiger partial charge is 0.193 e. The summed E-state index contributed by atoms with van der Waals surface area (Å²) in [5.74, 6) is 0. The Morgan fingerprint density at radius 2 is 1.31 bits per heavy atom. The van der Waals surface area contributed by atoms with Crippen molar-refractivity contribution in [3.05, 3.63) is 0 Å². The highest BCUT2D eigenvalue weighted by Gasteiger charge is 2.41. The molecule has 7 heteroatoms. The number of rotatable bonds is 7. The van der Waals surface area contributed by atoms with E-state index in [4.69, 9.17) is 8.85 Å². The van der Waals surface area contributed by atoms with E-state index in [9.17, 15) is 4.21 Å². The van der Waals surface area contributed by atoms with E-state index in [1.54, 1.807) is 6.21 Å². The molecule has 0 aromatic rings. The summed E-state index contributed by atoms with van der Waals surface area (Å²) in [5, 5.41) is 0.235. The summed E-state index contributed by atoms with van der Waals surface area (Å²) in [5.41, 5.74) is 0. The lowest BCUT2D eigenvalue weighted by molar-refractivity contribution is 0.157. The summed E-state index contributed by atoms with van der Waals surface area (Å²) < 4.78 is 29.2. The van der Waals surface area contributed by atoms with Crippen molar-refractivity contribution in [3.8, 4) is 0 Å². The Kier molecular flexibility index (Phi) is 8.74. The maximum atomic E-state index is 12.3. The first-order valence-corrected chi connectivity index (χ1v) is 16.4. The van der Waals surface area contributed by atoms with Gasteiger partial charge in [-0.2, -0.15) is 4.40 Å². The molecule has 0 fully saturated rings. The highest BCUT2D eigenvalue weighted by Crippen LogP contribution is 2.39. The second-order valence-electron chi connectivity index (χ2n) is 11.1. The minimum atomic E-state index is -1.98. The van der Waals surface area contributed by atoms with Crippen molar-refractivity contribution in [2.24, 2.45) is 4.40 Å². The fourth-order valence-electron chi connectivity index (χ4n) is 1.45. The first-order valence-electron chi connectivity index (χ1n) is 9.49. The predicted octanol–water partition coefficient (Wildman–Crippen LogP) is 5.93. The maximum absolute atomic E-state index is 12.3. The van der Waals surface area contributed by atoms with Crippen molar-refractivity contribution >= 4 is 33.8 Å². The molecule has 0 bridgehead atoms. The molecular formula is C19H43NO3SSi2. The fourth-order valence-corrected chi connectivity index (χ4v) is 4.27. The lowest BCUT2D eigenvalue weighted by atomic mass is 10.2. The van der Waals surface area contributed by atoms with Gasteiger partial charge in [0.2, 0.25) is 0 Å². The quantitative estimate of drug-likeness (QED) is 0.378. The number of hydrogen-bond donors (Lipinski definition) is 0. The van der Waals surface area contributed by atoms with Gasteiger partial charge < -0.3 is 8.85 Å². The summed E-state index contributed by atoms with van der Waals surface area (Å²) >= 11 is 0. The Hall–Kier alpha value is 0.174. The predicted molar refractivity (Wildman–Crippen MR) is 122 cm³/mol. The Morgan fingerprint density at radius 3 is 1.65 bits per heavy atom. The van der Waals surface area contributed by atoms with Crippen LogP contribution in [0, 0.1) is 0 Å². The zero-order valence-electron chi connectivity index (χ0n) is 19.4. The van der Waals surface area contributed by atoms with E-state index in [1.807, 2.05) is 20.8 Å². The van der Waals surface area contributed by atoms with Gasteiger partial charge >= 0.3 is 0 Å². The first kappa shape index (κ1) is 26.2. The molecule has 0 rings (SSSR count). The molecule has 26 heavy (non-hydrogen) atoms. The van der Waals surface area contributed by atoms with Crippen LogP contribution in [0.4, 0.5) is 0 Å². The van der Waals surface area contributed by atoms with Crippen LogP contribution >= 0.6 is 0 Å². The molecule has 4 nitrogen and oxygen atoms in total. The lowest BCUT2D eigenvalue weighted by Crippen LogP contribution is -2.48. The molecule has 0 aliphatic rings. The van der Waals surface area contributed by atoms with Crippen LogP contribution in [-0.2, 0) is 19.8 Å². The molecule has 0 aromatic heterocycles. The Labute approximate surface area is 167 Å². The molecule has 0 saturated heterocycles. The van der Waals surface area contributed by atoms with Gasteiger partial charge in [0.1, 0.15) is 17.1 Å². The lowest BCUT2D eigenvalue weighted by Gasteiger charge is -2.40. The first-order chi connectivity index (χ1) is 11.2. The van der Waals surface area contributed by atoms with E-state index in [0.717, 1.165) is 0 Å². The summed E-state index contributed by atoms with van der Waals surface area (Å²) in [6.45, 7) is 28.5. The third kappa shape index (κ3) is 8.04. The average Bonchev–Trinajstić information content (AvgIpc) is 2.37. The van der Waals surface area contributed by atoms with Crippen LogP contribution in [0.1, 0.15) is 62.3 Å². The van der Waals surface area contributed by atoms with Crippen molar-refractivity contribution in [2.45, 2.75) is 109 Å². The van der Waals surface area contributed by atoms with Gasteiger partial charge in [0.25, 0.3) is 0 Å². The Balaban J connectivity index is 5.43. The third-order valence-electron chi connectivity index (χ3n) is 5.51. The molecule has 0 unspecified atom stereocenters. The zero-order chi connectivity index (χ0) is 21.2. The summed E-state index contributed by atoms with van der Waals surface area (Å²) in [6, 6.07) is 0. The van der Waals surface area contributed by atoms with Crippen molar-refractivity contribution in [1.82, 2.24) is 0 Å². The molecule has 0 aliphatic carbocycles. The zero-order valence-corrected chi connectivity index (χ0v) is 22.3. The van der Waals surface area contributed by atoms with Crippen LogP contribution in [0.5, 0.6) is 0 Å². The molecule has 0 aliphatic heterocycles. The highest BCUT2D eigenvalue weighted by atomic mass is 32.2. The monoisotopic (exact) mass is 421 g/mol. The van der Waals surface area contributed by atoms with Gasteiger partial charge in [-0.25, -0.2) is 4.21 Å². The van der Waals surface area contributed by atoms with Crippen molar-refractivity contribution in [3.63, 3.8) is 0 Å². The Bertz CT molecular complexity index is 512. The molecule has 0 radical (unpaired) electrons. The average molecular weight is 422 g/mol. The van der Waals surface area contributed by atoms with Crippen LogP contribution in [-0.4, -0.2) is 44.5 Å². The van der Waals surface area contributed by atoms with Crippen LogP contribution < -0.4 is 0 Å². The van der Waals surface area contributed by atoms with Crippen molar-refractivity contribution in [2.75, 3.05) is 6.61 Å². The summed E-state index contributed by atoms with van der Waals surface area (Å²) in [7, 11) is -5.16. The van der Waals surface area contributed by atoms with Gasteiger partial charge in [0, 0.05) is 6.21 Å². The number of nitrogens with zero attached hydrogens (tertiary/aromatic N) is 1. The van der Waals surface area contributed by atoms with Gasteiger partial charge in [-0.3, -0.25) is 0 Å². The molecule has 0 heterocycles. The van der Waals surface area contributed by atoms with Crippen LogP contribution in [0.3, 0.4) is 0 Å². The second kappa shape index (κ2) is 8.68. The van der Waals surface area contributed by atoms with Crippen molar-refractivity contribution in [1.29, 1.82) is 0 Å². The largest absolute Gasteiger partial charge is 0.414 e. The minimum absolute atomic E-state index is 0.0965. The molecule has 0 aromatic carbocycles. The molecule has 0 saturated carbocycles. The molecule has 2 atom stereocenters. The summed E-state index contributed by atoms with van der Waals surface area (Å²) in [4.78, 5) is 0. The van der Waals surface area contributed by atoms with E-state index < -0.39 is 27.6 Å². The molecular weight excluding hydrogens is 378 g/mol. The molecule has 0 N–H and O–H groups in total. The van der Waals surface area contributed by atoms with Gasteiger partial charge in [-0.1, -0.05) is 41.5 Å². The third-order valence-corrected chi connectivity index (χ3v) is 15.9. The molecule has 0 amide bonds. The van der Waals surface area contributed by atoms with Crippen LogP contribution in [0.25, 0.3) is 0 Å². The molecule has 0 spiro atoms. The second-order valence-corrected chi connectivity index (χ2v) is 22.6. The standard InChI is InChI=1S/C19H43NO3SSi2/c1-17(2,3)24(21)20-14-16(23-26(12,13)19(7,8)9)15-22-25(10,11)18(4,5)6/h14,16H,15H2,1-13H3/b20-14+/t16-,24+/m0/s1. The van der Waals surface area contributed by atoms with Crippen molar-refractivity contribution < 1.29 is 13.1 Å². The Morgan fingerprint density at radius 1 is 0.885 bits per heavy atom. The summed E-state index contributed by atoms with van der Waals surface area (Å²) in [6.07, 6.45) is 1.45. The van der Waals surface area contributed by atoms with E-state index in [-0.39, 0.29) is 20.9 Å². The minimum Gasteiger partial charge on any atom is -0.414 e. The van der Waals surface area contributed by atoms with Crippen LogP contribution in [0.2, 0.25) is 36.3 Å². The van der Waals surface area contributed by atoms with E-state index >= 15 is 0 Å². The SMILES string of the molecule is CC(C)(C)[S@@](=O)/N=C/[C@@H](CO[Si](C)(C)C(C)(C)C)O[Si](C)(C)C(C)(C)C. The van der Waals surface area contributed by atoms with E-state index in [2.05, 4.69) is 72.1 Å². The van der Waals surface area contributed by atoms with Gasteiger partial charge in [-0.15, -0.1) is 0 Å².